The summed E-state index contributed by atoms with van der Waals surface area (Å²) in [5, 5.41) is 0. The van der Waals surface area contributed by atoms with Crippen LogP contribution < -0.4 is 9.47 Å². The molecule has 0 amide bonds. The van der Waals surface area contributed by atoms with Crippen molar-refractivity contribution in [2.24, 2.45) is 0 Å². The van der Waals surface area contributed by atoms with Gasteiger partial charge in [0.25, 0.3) is 0 Å². The molecule has 1 aromatic rings. The fraction of sp³-hybridized carbons (Fsp3) is 0.556. The van der Waals surface area contributed by atoms with Crippen molar-refractivity contribution in [2.75, 3.05) is 26.8 Å². The van der Waals surface area contributed by atoms with Gasteiger partial charge in [-0.3, -0.25) is 0 Å². The van der Waals surface area contributed by atoms with Crippen LogP contribution in [-0.2, 0) is 14.2 Å². The van der Waals surface area contributed by atoms with Crippen molar-refractivity contribution in [3.8, 4) is 11.5 Å². The molecule has 1 rings (SSSR count). The highest BCUT2D eigenvalue weighted by Gasteiger charge is 2.00. The smallest absolute Gasteiger partial charge is 0.189 e. The lowest BCUT2D eigenvalue weighted by molar-refractivity contribution is -0.0291. The maximum Gasteiger partial charge on any atom is 0.189 e. The first-order valence-corrected chi connectivity index (χ1v) is 8.03. The van der Waals surface area contributed by atoms with Crippen LogP contribution in [0.1, 0.15) is 33.1 Å². The van der Waals surface area contributed by atoms with Crippen LogP contribution in [0.3, 0.4) is 0 Å². The second-order valence-corrected chi connectivity index (χ2v) is 5.03. The fourth-order valence-corrected chi connectivity index (χ4v) is 1.62. The molecule has 0 saturated heterocycles. The van der Waals surface area contributed by atoms with Gasteiger partial charge in [0.1, 0.15) is 11.5 Å². The molecule has 0 spiro atoms. The van der Waals surface area contributed by atoms with Gasteiger partial charge < -0.3 is 23.7 Å². The quantitative estimate of drug-likeness (QED) is 0.292. The SMILES string of the molecule is C=COCOCCCCOc1ccc(OCOC(C)CC)cc1. The van der Waals surface area contributed by atoms with E-state index in [0.717, 1.165) is 30.8 Å². The summed E-state index contributed by atoms with van der Waals surface area (Å²) in [4.78, 5) is 0. The van der Waals surface area contributed by atoms with Gasteiger partial charge in [0.15, 0.2) is 13.6 Å². The van der Waals surface area contributed by atoms with Crippen LogP contribution in [0.4, 0.5) is 0 Å². The van der Waals surface area contributed by atoms with E-state index in [1.54, 1.807) is 0 Å². The molecular weight excluding hydrogens is 296 g/mol. The molecule has 0 aliphatic heterocycles. The van der Waals surface area contributed by atoms with E-state index in [0.29, 0.717) is 13.2 Å². The fourth-order valence-electron chi connectivity index (χ4n) is 1.62. The number of unbranched alkanes of at least 4 members (excludes halogenated alkanes) is 1. The summed E-state index contributed by atoms with van der Waals surface area (Å²) in [6, 6.07) is 7.55. The van der Waals surface area contributed by atoms with Gasteiger partial charge in [-0.05, 0) is 50.5 Å². The Morgan fingerprint density at radius 3 is 2.30 bits per heavy atom. The van der Waals surface area contributed by atoms with Crippen LogP contribution in [-0.4, -0.2) is 32.9 Å². The molecule has 23 heavy (non-hydrogen) atoms. The standard InChI is InChI=1S/C18H28O5/c1-4-16(3)22-15-23-18-10-8-17(9-11-18)21-13-7-6-12-20-14-19-5-2/h5,8-11,16H,2,4,6-7,12-15H2,1,3H3. The molecule has 5 heteroatoms. The Balaban J connectivity index is 2.08. The highest BCUT2D eigenvalue weighted by Crippen LogP contribution is 2.18. The van der Waals surface area contributed by atoms with Gasteiger partial charge >= 0.3 is 0 Å². The first-order chi connectivity index (χ1) is 11.3. The molecule has 0 radical (unpaired) electrons. The summed E-state index contributed by atoms with van der Waals surface area (Å²) >= 11 is 0. The summed E-state index contributed by atoms with van der Waals surface area (Å²) in [6.45, 7) is 9.38. The normalized spacial score (nSPS) is 11.7. The van der Waals surface area contributed by atoms with Crippen LogP contribution in [0.2, 0.25) is 0 Å². The third kappa shape index (κ3) is 9.81. The predicted octanol–water partition coefficient (Wildman–Crippen LogP) is 4.13. The number of hydrogen-bond acceptors (Lipinski definition) is 5. The second kappa shape index (κ2) is 12.8. The molecule has 0 aliphatic carbocycles. The molecule has 5 nitrogen and oxygen atoms in total. The Hall–Kier alpha value is -1.72. The molecule has 0 aliphatic rings. The maximum absolute atomic E-state index is 5.66. The Morgan fingerprint density at radius 1 is 1.00 bits per heavy atom. The van der Waals surface area contributed by atoms with Crippen molar-refractivity contribution >= 4 is 0 Å². The number of ether oxygens (including phenoxy) is 5. The monoisotopic (exact) mass is 324 g/mol. The predicted molar refractivity (Wildman–Crippen MR) is 89.6 cm³/mol. The lowest BCUT2D eigenvalue weighted by atomic mass is 10.3. The summed E-state index contributed by atoms with van der Waals surface area (Å²) < 4.78 is 26.7. The molecule has 1 aromatic carbocycles. The molecule has 0 fully saturated rings. The van der Waals surface area contributed by atoms with E-state index in [1.807, 2.05) is 31.2 Å². The summed E-state index contributed by atoms with van der Waals surface area (Å²) in [7, 11) is 0. The average molecular weight is 324 g/mol. The highest BCUT2D eigenvalue weighted by molar-refractivity contribution is 5.31. The van der Waals surface area contributed by atoms with Gasteiger partial charge in [0.05, 0.1) is 25.6 Å². The van der Waals surface area contributed by atoms with Crippen LogP contribution in [0.15, 0.2) is 37.1 Å². The minimum Gasteiger partial charge on any atom is -0.494 e. The first kappa shape index (κ1) is 19.3. The molecule has 0 saturated carbocycles. The minimum atomic E-state index is 0.213. The zero-order chi connectivity index (χ0) is 16.8. The van der Waals surface area contributed by atoms with Gasteiger partial charge in [0, 0.05) is 0 Å². The zero-order valence-electron chi connectivity index (χ0n) is 14.2. The van der Waals surface area contributed by atoms with E-state index in [2.05, 4.69) is 13.5 Å². The van der Waals surface area contributed by atoms with Gasteiger partial charge in [-0.1, -0.05) is 13.5 Å². The Morgan fingerprint density at radius 2 is 1.65 bits per heavy atom. The number of rotatable bonds is 14. The van der Waals surface area contributed by atoms with E-state index in [9.17, 15) is 0 Å². The van der Waals surface area contributed by atoms with Crippen molar-refractivity contribution in [1.82, 2.24) is 0 Å². The molecule has 130 valence electrons. The Kier molecular flexibility index (Phi) is 10.7. The molecule has 1 atom stereocenters. The average Bonchev–Trinajstić information content (AvgIpc) is 2.58. The third-order valence-corrected chi connectivity index (χ3v) is 3.20. The Bertz CT molecular complexity index is 404. The molecule has 0 aromatic heterocycles. The maximum atomic E-state index is 5.66. The topological polar surface area (TPSA) is 46.2 Å². The molecule has 1 unspecified atom stereocenters. The summed E-state index contributed by atoms with van der Waals surface area (Å²) in [6.07, 6.45) is 4.41. The van der Waals surface area contributed by atoms with Crippen molar-refractivity contribution < 1.29 is 23.7 Å². The van der Waals surface area contributed by atoms with Crippen molar-refractivity contribution in [1.29, 1.82) is 0 Å². The lowest BCUT2D eigenvalue weighted by Crippen LogP contribution is -2.11. The zero-order valence-corrected chi connectivity index (χ0v) is 14.2. The summed E-state index contributed by atoms with van der Waals surface area (Å²) in [5.74, 6) is 1.60. The molecule has 0 heterocycles. The number of hydrogen-bond donors (Lipinski definition) is 0. The molecule has 0 N–H and O–H groups in total. The highest BCUT2D eigenvalue weighted by atomic mass is 16.7. The van der Waals surface area contributed by atoms with E-state index in [1.165, 1.54) is 6.26 Å². The molecular formula is C18H28O5. The van der Waals surface area contributed by atoms with E-state index in [-0.39, 0.29) is 19.7 Å². The van der Waals surface area contributed by atoms with Crippen molar-refractivity contribution in [2.45, 2.75) is 39.2 Å². The van der Waals surface area contributed by atoms with Crippen molar-refractivity contribution in [3.05, 3.63) is 37.1 Å². The second-order valence-electron chi connectivity index (χ2n) is 5.03. The molecule has 0 bridgehead atoms. The summed E-state index contributed by atoms with van der Waals surface area (Å²) in [5.41, 5.74) is 0. The van der Waals surface area contributed by atoms with Crippen molar-refractivity contribution in [3.63, 3.8) is 0 Å². The van der Waals surface area contributed by atoms with E-state index >= 15 is 0 Å². The van der Waals surface area contributed by atoms with Gasteiger partial charge in [-0.2, -0.15) is 0 Å². The first-order valence-electron chi connectivity index (χ1n) is 8.03. The van der Waals surface area contributed by atoms with E-state index in [4.69, 9.17) is 23.7 Å². The minimum absolute atomic E-state index is 0.213. The number of benzene rings is 1. The Labute approximate surface area is 139 Å². The van der Waals surface area contributed by atoms with Gasteiger partial charge in [-0.15, -0.1) is 0 Å². The van der Waals surface area contributed by atoms with Gasteiger partial charge in [-0.25, -0.2) is 0 Å². The lowest BCUT2D eigenvalue weighted by Gasteiger charge is -2.12. The third-order valence-electron chi connectivity index (χ3n) is 3.20. The van der Waals surface area contributed by atoms with Crippen LogP contribution in [0.5, 0.6) is 11.5 Å². The van der Waals surface area contributed by atoms with Crippen LogP contribution in [0.25, 0.3) is 0 Å². The van der Waals surface area contributed by atoms with Crippen LogP contribution in [0, 0.1) is 0 Å². The largest absolute Gasteiger partial charge is 0.494 e. The van der Waals surface area contributed by atoms with Gasteiger partial charge in [0.2, 0.25) is 0 Å². The van der Waals surface area contributed by atoms with E-state index < -0.39 is 0 Å². The van der Waals surface area contributed by atoms with Crippen LogP contribution >= 0.6 is 0 Å².